The van der Waals surface area contributed by atoms with Gasteiger partial charge in [0.25, 0.3) is 0 Å². The van der Waals surface area contributed by atoms with Gasteiger partial charge < -0.3 is 10.0 Å². The maximum Gasteiger partial charge on any atom is 0.326 e. The normalized spacial score (nSPS) is 12.2. The van der Waals surface area contributed by atoms with Crippen molar-refractivity contribution in [1.82, 2.24) is 4.98 Å². The van der Waals surface area contributed by atoms with Crippen LogP contribution in [0.5, 0.6) is 0 Å². The lowest BCUT2D eigenvalue weighted by atomic mass is 10.2. The van der Waals surface area contributed by atoms with Gasteiger partial charge in [-0.2, -0.15) is 0 Å². The van der Waals surface area contributed by atoms with Crippen molar-refractivity contribution in [3.8, 4) is 0 Å². The predicted octanol–water partition coefficient (Wildman–Crippen LogP) is 1.69. The molecule has 0 saturated heterocycles. The number of likely N-dealkylation sites (N-methyl/N-ethyl adjacent to an activating group) is 1. The van der Waals surface area contributed by atoms with Crippen LogP contribution in [0.15, 0.2) is 18.3 Å². The molecule has 15 heavy (non-hydrogen) atoms. The van der Waals surface area contributed by atoms with E-state index in [1.165, 1.54) is 0 Å². The van der Waals surface area contributed by atoms with Crippen LogP contribution in [0.4, 0.5) is 5.69 Å². The van der Waals surface area contributed by atoms with Crippen LogP contribution in [0, 0.1) is 6.92 Å². The van der Waals surface area contributed by atoms with Crippen LogP contribution in [-0.4, -0.2) is 29.1 Å². The van der Waals surface area contributed by atoms with Crippen molar-refractivity contribution in [2.75, 3.05) is 11.9 Å². The fourth-order valence-corrected chi connectivity index (χ4v) is 1.54. The van der Waals surface area contributed by atoms with Crippen LogP contribution in [0.2, 0.25) is 0 Å². The molecule has 0 bridgehead atoms. The van der Waals surface area contributed by atoms with Gasteiger partial charge in [-0.3, -0.25) is 4.98 Å². The Bertz CT molecular complexity index is 352. The van der Waals surface area contributed by atoms with Gasteiger partial charge in [-0.1, -0.05) is 6.92 Å². The summed E-state index contributed by atoms with van der Waals surface area (Å²) < 4.78 is 0. The van der Waals surface area contributed by atoms with Gasteiger partial charge in [-0.15, -0.1) is 0 Å². The first-order chi connectivity index (χ1) is 7.06. The van der Waals surface area contributed by atoms with Gasteiger partial charge in [0.2, 0.25) is 0 Å². The molecule has 0 saturated carbocycles. The Morgan fingerprint density at radius 3 is 2.80 bits per heavy atom. The summed E-state index contributed by atoms with van der Waals surface area (Å²) in [5, 5.41) is 9.02. The fourth-order valence-electron chi connectivity index (χ4n) is 1.54. The van der Waals surface area contributed by atoms with Crippen LogP contribution in [-0.2, 0) is 4.79 Å². The van der Waals surface area contributed by atoms with Crippen LogP contribution < -0.4 is 4.90 Å². The van der Waals surface area contributed by atoms with E-state index in [9.17, 15) is 4.79 Å². The second-order valence-electron chi connectivity index (χ2n) is 3.53. The van der Waals surface area contributed by atoms with Crippen molar-refractivity contribution in [2.45, 2.75) is 26.3 Å². The number of rotatable bonds is 4. The topological polar surface area (TPSA) is 53.4 Å². The molecule has 1 aromatic heterocycles. The van der Waals surface area contributed by atoms with E-state index in [-0.39, 0.29) is 0 Å². The summed E-state index contributed by atoms with van der Waals surface area (Å²) in [5.41, 5.74) is 1.77. The molecule has 0 amide bonds. The number of anilines is 1. The molecule has 0 aliphatic heterocycles. The largest absolute Gasteiger partial charge is 0.480 e. The van der Waals surface area contributed by atoms with E-state index in [0.29, 0.717) is 6.42 Å². The third-order valence-corrected chi connectivity index (χ3v) is 2.43. The van der Waals surface area contributed by atoms with Crippen LogP contribution in [0.1, 0.15) is 19.0 Å². The molecule has 0 radical (unpaired) electrons. The molecule has 1 rings (SSSR count). The minimum absolute atomic E-state index is 0.480. The van der Waals surface area contributed by atoms with Gasteiger partial charge in [0.15, 0.2) is 0 Å². The van der Waals surface area contributed by atoms with Crippen LogP contribution in [0.25, 0.3) is 0 Å². The highest BCUT2D eigenvalue weighted by atomic mass is 16.4. The minimum atomic E-state index is -0.797. The number of aromatic nitrogens is 1. The molecule has 82 valence electrons. The van der Waals surface area contributed by atoms with Crippen molar-refractivity contribution in [3.05, 3.63) is 24.0 Å². The van der Waals surface area contributed by atoms with E-state index in [1.807, 2.05) is 26.0 Å². The number of hydrogen-bond acceptors (Lipinski definition) is 3. The zero-order valence-corrected chi connectivity index (χ0v) is 9.27. The highest BCUT2D eigenvalue weighted by Gasteiger charge is 2.20. The van der Waals surface area contributed by atoms with Crippen LogP contribution >= 0.6 is 0 Å². The molecule has 1 heterocycles. The Morgan fingerprint density at radius 2 is 2.33 bits per heavy atom. The Balaban J connectivity index is 2.92. The first kappa shape index (κ1) is 11.5. The molecule has 1 atom stereocenters. The van der Waals surface area contributed by atoms with E-state index in [4.69, 9.17) is 5.11 Å². The summed E-state index contributed by atoms with van der Waals surface area (Å²) in [6, 6.07) is 3.22. The molecule has 1 aromatic rings. The molecule has 4 heteroatoms. The predicted molar refractivity (Wildman–Crippen MR) is 59.1 cm³/mol. The Labute approximate surface area is 89.6 Å². The molecule has 0 aliphatic carbocycles. The lowest BCUT2D eigenvalue weighted by molar-refractivity contribution is -0.138. The van der Waals surface area contributed by atoms with Crippen molar-refractivity contribution < 1.29 is 9.90 Å². The van der Waals surface area contributed by atoms with Crippen molar-refractivity contribution in [2.24, 2.45) is 0 Å². The van der Waals surface area contributed by atoms with Crippen molar-refractivity contribution in [1.29, 1.82) is 0 Å². The van der Waals surface area contributed by atoms with E-state index in [2.05, 4.69) is 4.98 Å². The highest BCUT2D eigenvalue weighted by molar-refractivity contribution is 5.77. The maximum absolute atomic E-state index is 11.0. The summed E-state index contributed by atoms with van der Waals surface area (Å²) in [6.45, 7) is 3.75. The summed E-state index contributed by atoms with van der Waals surface area (Å²) in [4.78, 5) is 16.8. The number of carboxylic acids is 1. The fraction of sp³-hybridized carbons (Fsp3) is 0.455. The summed E-state index contributed by atoms with van der Waals surface area (Å²) in [5.74, 6) is -0.797. The van der Waals surface area contributed by atoms with Gasteiger partial charge in [0.1, 0.15) is 6.04 Å². The minimum Gasteiger partial charge on any atom is -0.480 e. The maximum atomic E-state index is 11.0. The average molecular weight is 208 g/mol. The number of nitrogens with zero attached hydrogens (tertiary/aromatic N) is 2. The molecule has 0 aromatic carbocycles. The van der Waals surface area contributed by atoms with Crippen molar-refractivity contribution in [3.63, 3.8) is 0 Å². The van der Waals surface area contributed by atoms with Gasteiger partial charge >= 0.3 is 5.97 Å². The second kappa shape index (κ2) is 4.77. The van der Waals surface area contributed by atoms with E-state index >= 15 is 0 Å². The Hall–Kier alpha value is -1.58. The van der Waals surface area contributed by atoms with Crippen molar-refractivity contribution >= 4 is 11.7 Å². The average Bonchev–Trinajstić information content (AvgIpc) is 2.18. The second-order valence-corrected chi connectivity index (χ2v) is 3.53. The number of hydrogen-bond donors (Lipinski definition) is 1. The zero-order valence-electron chi connectivity index (χ0n) is 9.27. The third-order valence-electron chi connectivity index (χ3n) is 2.43. The summed E-state index contributed by atoms with van der Waals surface area (Å²) in [7, 11) is 1.79. The van der Waals surface area contributed by atoms with E-state index < -0.39 is 12.0 Å². The number of carbonyl (C=O) groups is 1. The molecule has 0 fully saturated rings. The first-order valence-electron chi connectivity index (χ1n) is 4.94. The lowest BCUT2D eigenvalue weighted by Crippen LogP contribution is -2.37. The molecule has 0 aliphatic rings. The molecule has 0 spiro atoms. The summed E-state index contributed by atoms with van der Waals surface area (Å²) >= 11 is 0. The molecular formula is C11H16N2O2. The number of pyridine rings is 1. The lowest BCUT2D eigenvalue weighted by Gasteiger charge is -2.25. The Morgan fingerprint density at radius 1 is 1.67 bits per heavy atom. The van der Waals surface area contributed by atoms with Gasteiger partial charge in [0, 0.05) is 24.6 Å². The van der Waals surface area contributed by atoms with Gasteiger partial charge in [0.05, 0.1) is 0 Å². The molecular weight excluding hydrogens is 192 g/mol. The van der Waals surface area contributed by atoms with E-state index in [0.717, 1.165) is 11.4 Å². The van der Waals surface area contributed by atoms with Gasteiger partial charge in [-0.25, -0.2) is 4.79 Å². The highest BCUT2D eigenvalue weighted by Crippen LogP contribution is 2.16. The zero-order chi connectivity index (χ0) is 11.4. The number of carboxylic acid groups (broad SMARTS) is 1. The first-order valence-corrected chi connectivity index (χ1v) is 4.94. The quantitative estimate of drug-likeness (QED) is 0.818. The number of aryl methyl sites for hydroxylation is 1. The van der Waals surface area contributed by atoms with Gasteiger partial charge in [-0.05, 0) is 25.5 Å². The third kappa shape index (κ3) is 2.68. The SMILES string of the molecule is CCC(C(=O)O)N(C)c1ccnc(C)c1. The molecule has 1 unspecified atom stereocenters. The standard InChI is InChI=1S/C11H16N2O2/c1-4-10(11(14)15)13(3)9-5-6-12-8(2)7-9/h5-7,10H,4H2,1-3H3,(H,14,15). The monoisotopic (exact) mass is 208 g/mol. The van der Waals surface area contributed by atoms with E-state index in [1.54, 1.807) is 18.1 Å². The Kier molecular flexibility index (Phi) is 3.66. The number of aliphatic carboxylic acids is 1. The smallest absolute Gasteiger partial charge is 0.326 e. The summed E-state index contributed by atoms with van der Waals surface area (Å²) in [6.07, 6.45) is 2.27. The van der Waals surface area contributed by atoms with Crippen LogP contribution in [0.3, 0.4) is 0 Å². The molecule has 4 nitrogen and oxygen atoms in total. The molecule has 1 N–H and O–H groups in total.